The Balaban J connectivity index is 0.00000159. The van der Waals surface area contributed by atoms with Crippen LogP contribution in [0.2, 0.25) is 0 Å². The van der Waals surface area contributed by atoms with Gasteiger partial charge < -0.3 is 71.1 Å². The number of para-hydroxylation sites is 6. The molecule has 6 aromatic carbocycles. The average molecular weight is 1620 g/mol. The smallest absolute Gasteiger partial charge is 0.665 e. The quantitative estimate of drug-likeness (QED) is 0.0267. The van der Waals surface area contributed by atoms with Crippen molar-refractivity contribution in [2.24, 2.45) is 0 Å². The first-order valence-electron chi connectivity index (χ1n) is 32.2. The third kappa shape index (κ3) is 25.2. The van der Waals surface area contributed by atoms with Crippen LogP contribution in [0.3, 0.4) is 0 Å². The van der Waals surface area contributed by atoms with Crippen LogP contribution in [0.5, 0.6) is 34.5 Å². The van der Waals surface area contributed by atoms with Gasteiger partial charge >= 0.3 is 83.0 Å². The molecule has 1 N–H and O–H groups in total. The predicted molar refractivity (Wildman–Crippen MR) is 381 cm³/mol. The summed E-state index contributed by atoms with van der Waals surface area (Å²) in [6.45, 7) is 54.5. The standard InChI is InChI=1S/2C36H51O3SSi.C2H6O.3Ag.NO3/c2*1-22(2)28-16-13-17-29(23(3)4)34(28)37-41(40,38-35-30(24(5)6)18-14-19-31(35)25(7)8)39-36-32(26(9)10)20-15-21-33(36)27(11)12;1-2-3;;;;2-1(3)4/h2*13-27H,1-12H3;3H,2H2,1H3;;;;/q2*-1;;3*+1;-1. The molecule has 92 heavy (non-hydrogen) atoms. The SMILES string of the molecule is CC(C)c1cccc(C(C)C)c1O[Si]([S-])(Oc1c(C(C)C)cccc1C(C)C)Oc1c(C(C)C)cccc1C(C)C.CC(C)c1cccc(C(C)C)c1O[Si]([S-])(Oc1c(C(C)C)cccc1C(C)C)Oc1c(C(C)C)cccc1C(C)C.CCO.O=[N+]([O-])[O-].[Ag+].[Ag+].[Ag+]. The number of hydrogen-bond acceptors (Lipinski definition) is 12. The molecule has 0 saturated carbocycles. The van der Waals surface area contributed by atoms with Crippen molar-refractivity contribution in [3.8, 4) is 34.5 Å². The molecule has 522 valence electrons. The van der Waals surface area contributed by atoms with Gasteiger partial charge in [-0.2, -0.15) is 0 Å². The van der Waals surface area contributed by atoms with E-state index in [0.717, 1.165) is 101 Å². The summed E-state index contributed by atoms with van der Waals surface area (Å²) < 4.78 is 42.3. The van der Waals surface area contributed by atoms with Crippen molar-refractivity contribution in [1.82, 2.24) is 0 Å². The van der Waals surface area contributed by atoms with Crippen molar-refractivity contribution in [1.29, 1.82) is 0 Å². The first-order chi connectivity index (χ1) is 41.5. The Hall–Kier alpha value is -3.37. The van der Waals surface area contributed by atoms with E-state index in [2.05, 4.69) is 275 Å². The van der Waals surface area contributed by atoms with Crippen LogP contribution >= 0.6 is 0 Å². The number of aliphatic hydroxyl groups excluding tert-OH is 1. The van der Waals surface area contributed by atoms with Crippen molar-refractivity contribution in [3.63, 3.8) is 0 Å². The number of benzene rings is 6. The molecule has 18 heteroatoms. The fourth-order valence-electron chi connectivity index (χ4n) is 10.5. The molecule has 0 aromatic heterocycles. The summed E-state index contributed by atoms with van der Waals surface area (Å²) in [5.41, 5.74) is 13.4. The normalized spacial score (nSPS) is 11.5. The molecule has 0 unspecified atom stereocenters. The maximum Gasteiger partial charge on any atom is 1.00 e. The molecule has 0 bridgehead atoms. The van der Waals surface area contributed by atoms with Gasteiger partial charge in [0.15, 0.2) is 0 Å². The molecule has 0 aliphatic carbocycles. The molecule has 0 aliphatic rings. The van der Waals surface area contributed by atoms with Crippen molar-refractivity contribution in [2.45, 2.75) is 244 Å². The van der Waals surface area contributed by atoms with Gasteiger partial charge in [0.2, 0.25) is 0 Å². The van der Waals surface area contributed by atoms with Crippen molar-refractivity contribution >= 4 is 40.1 Å². The van der Waals surface area contributed by atoms with Crippen molar-refractivity contribution < 1.29 is 104 Å². The van der Waals surface area contributed by atoms with E-state index in [-0.39, 0.29) is 145 Å². The van der Waals surface area contributed by atoms with Crippen LogP contribution in [-0.2, 0) is 91.3 Å². The Morgan fingerprint density at radius 3 is 0.446 bits per heavy atom. The Labute approximate surface area is 614 Å². The van der Waals surface area contributed by atoms with Gasteiger partial charge in [0.1, 0.15) is 34.5 Å². The van der Waals surface area contributed by atoms with Crippen LogP contribution in [0.1, 0.15) is 311 Å². The van der Waals surface area contributed by atoms with E-state index in [1.165, 1.54) is 0 Å². The summed E-state index contributed by atoms with van der Waals surface area (Å²) >= 11 is 13.0. The summed E-state index contributed by atoms with van der Waals surface area (Å²) in [5, 5.41) is 22.3. The molecule has 0 radical (unpaired) electrons. The van der Waals surface area contributed by atoms with Gasteiger partial charge in [-0.1, -0.05) is 275 Å². The second kappa shape index (κ2) is 41.0. The summed E-state index contributed by atoms with van der Waals surface area (Å²) in [6.07, 6.45) is 0. The fraction of sp³-hybridized carbons (Fsp3) is 0.514. The van der Waals surface area contributed by atoms with E-state index < -0.39 is 21.0 Å². The van der Waals surface area contributed by atoms with E-state index in [4.69, 9.17) is 71.1 Å². The summed E-state index contributed by atoms with van der Waals surface area (Å²) in [7, 11) is -7.70. The third-order valence-electron chi connectivity index (χ3n) is 15.3. The van der Waals surface area contributed by atoms with Crippen LogP contribution < -0.4 is 26.6 Å². The third-order valence-corrected chi connectivity index (χ3v) is 19.5. The molecular formula is C74H108Ag3NO10S2Si2. The largest absolute Gasteiger partial charge is 1.00 e. The zero-order valence-electron chi connectivity index (χ0n) is 59.3. The first kappa shape index (κ1) is 88.6. The first-order valence-corrected chi connectivity index (χ1v) is 37.9. The van der Waals surface area contributed by atoms with Gasteiger partial charge in [-0.05, 0) is 145 Å². The fourth-order valence-corrected chi connectivity index (χ4v) is 15.1. The Bertz CT molecular complexity index is 2510. The molecule has 0 saturated heterocycles. The molecule has 0 fully saturated rings. The minimum absolute atomic E-state index is 0. The molecule has 6 aromatic rings. The zero-order valence-corrected chi connectivity index (χ0v) is 67.4. The molecule has 11 nitrogen and oxygen atoms in total. The molecule has 0 spiro atoms. The summed E-state index contributed by atoms with van der Waals surface area (Å²) in [5.74, 6) is 7.84. The topological polar surface area (TPSA) is 142 Å². The van der Waals surface area contributed by atoms with Gasteiger partial charge in [0.05, 0.1) is 5.09 Å². The number of aliphatic hydroxyl groups is 1. The van der Waals surface area contributed by atoms with Gasteiger partial charge in [0.25, 0.3) is 0 Å². The number of nitrogens with zero attached hydrogens (tertiary/aromatic N) is 1. The van der Waals surface area contributed by atoms with Crippen LogP contribution in [0.4, 0.5) is 0 Å². The predicted octanol–water partition coefficient (Wildman–Crippen LogP) is 21.6. The van der Waals surface area contributed by atoms with Gasteiger partial charge in [0, 0.05) is 6.61 Å². The monoisotopic (exact) mass is 1610 g/mol. The molecular weight excluding hydrogens is 1510 g/mol. The van der Waals surface area contributed by atoms with Crippen molar-refractivity contribution in [3.05, 3.63) is 191 Å². The van der Waals surface area contributed by atoms with E-state index in [1.54, 1.807) is 6.92 Å². The molecule has 6 rings (SSSR count). The van der Waals surface area contributed by atoms with Crippen LogP contribution in [0.25, 0.3) is 0 Å². The Morgan fingerprint density at radius 2 is 0.380 bits per heavy atom. The van der Waals surface area contributed by atoms with E-state index in [9.17, 15) is 0 Å². The van der Waals surface area contributed by atoms with Crippen LogP contribution in [0.15, 0.2) is 109 Å². The van der Waals surface area contributed by atoms with Gasteiger partial charge in [-0.3, -0.25) is 0 Å². The minimum Gasteiger partial charge on any atom is -0.665 e. The maximum atomic E-state index is 8.25. The van der Waals surface area contributed by atoms with E-state index in [1.807, 2.05) is 0 Å². The average Bonchev–Trinajstić information content (AvgIpc) is 0.798. The van der Waals surface area contributed by atoms with Crippen molar-refractivity contribution in [2.75, 3.05) is 6.61 Å². The van der Waals surface area contributed by atoms with Gasteiger partial charge in [-0.25, -0.2) is 0 Å². The van der Waals surface area contributed by atoms with E-state index in [0.29, 0.717) is 0 Å². The molecule has 0 amide bonds. The summed E-state index contributed by atoms with van der Waals surface area (Å²) in [6, 6.07) is 38.3. The van der Waals surface area contributed by atoms with E-state index >= 15 is 0 Å². The Kier molecular flexibility index (Phi) is 39.5. The Morgan fingerprint density at radius 1 is 0.304 bits per heavy atom. The second-order valence-electron chi connectivity index (χ2n) is 26.6. The number of rotatable bonds is 24. The van der Waals surface area contributed by atoms with Crippen LogP contribution in [0, 0.1) is 15.3 Å². The maximum absolute atomic E-state index is 8.25. The molecule has 0 atom stereocenters. The minimum atomic E-state index is -3.85. The number of hydrogen-bond donors (Lipinski definition) is 1. The van der Waals surface area contributed by atoms with Gasteiger partial charge in [-0.15, -0.1) is 0 Å². The molecule has 0 aliphatic heterocycles. The molecule has 0 heterocycles. The zero-order chi connectivity index (χ0) is 67.6. The van der Waals surface area contributed by atoms with Crippen LogP contribution in [-0.4, -0.2) is 32.7 Å². The second-order valence-corrected chi connectivity index (χ2v) is 32.8. The summed E-state index contributed by atoms with van der Waals surface area (Å²) in [4.78, 5) is 8.25.